The molecule has 0 saturated carbocycles. The van der Waals surface area contributed by atoms with E-state index in [1.807, 2.05) is 84.9 Å². The van der Waals surface area contributed by atoms with Crippen LogP contribution in [-0.2, 0) is 40.3 Å². The van der Waals surface area contributed by atoms with E-state index in [9.17, 15) is 36.3 Å². The Morgan fingerprint density at radius 1 is 0.468 bits per heavy atom. The van der Waals surface area contributed by atoms with E-state index in [1.54, 1.807) is 73.8 Å². The standard InChI is InChI=1S/C31H19F3O8S.C30H20O6/c1-38-16-39-19-8-10-21-17(14-19)6-12-25-27(21)40-28-22-11-9-20(42-43(36,37)31(32,33)34)15-18(22)7-13-26(28)30(25)24-5-3-2-4-23(24)29(35)41-30;1-33-16-34-20-9-11-22-18(15-20)7-13-26-28(22)35-27-21-10-8-19(31)14-17(21)6-12-25(27)30(26)24-5-3-2-4-23(24)29(32)36-30/h2-15H,16H2,1H3;2-15,31H,16H2,1H3. The number of esters is 2. The average Bonchev–Trinajstić information content (AvgIpc) is 4.16. The van der Waals surface area contributed by atoms with E-state index in [1.165, 1.54) is 19.2 Å². The Morgan fingerprint density at radius 2 is 0.835 bits per heavy atom. The predicted molar refractivity (Wildman–Crippen MR) is 282 cm³/mol. The van der Waals surface area contributed by atoms with Crippen molar-refractivity contribution in [2.45, 2.75) is 16.7 Å². The monoisotopic (exact) mass is 1080 g/mol. The fourth-order valence-electron chi connectivity index (χ4n) is 11.1. The molecule has 4 heterocycles. The summed E-state index contributed by atoms with van der Waals surface area (Å²) in [6.45, 7) is 0.202. The van der Waals surface area contributed by atoms with Crippen LogP contribution in [0.4, 0.5) is 13.2 Å². The Hall–Kier alpha value is -9.36. The number of alkyl halides is 3. The van der Waals surface area contributed by atoms with Crippen LogP contribution in [0.15, 0.2) is 170 Å². The molecule has 79 heavy (non-hydrogen) atoms. The lowest BCUT2D eigenvalue weighted by molar-refractivity contribution is -0.0500. The smallest absolute Gasteiger partial charge is 0.508 e. The molecule has 394 valence electrons. The van der Waals surface area contributed by atoms with Gasteiger partial charge in [-0.1, -0.05) is 60.7 Å². The van der Waals surface area contributed by atoms with Crippen LogP contribution in [0.2, 0.25) is 0 Å². The van der Waals surface area contributed by atoms with Gasteiger partial charge in [-0.15, -0.1) is 0 Å². The number of rotatable bonds is 8. The van der Waals surface area contributed by atoms with Crippen molar-refractivity contribution in [2.24, 2.45) is 0 Å². The lowest BCUT2D eigenvalue weighted by Crippen LogP contribution is -2.33. The van der Waals surface area contributed by atoms with Crippen LogP contribution in [-0.4, -0.2) is 58.8 Å². The predicted octanol–water partition coefficient (Wildman–Crippen LogP) is 13.0. The number of carbonyl (C=O) groups is 2. The lowest BCUT2D eigenvalue weighted by atomic mass is 9.76. The molecule has 14 rings (SSSR count). The molecule has 18 heteroatoms. The van der Waals surface area contributed by atoms with Gasteiger partial charge in [-0.3, -0.25) is 0 Å². The van der Waals surface area contributed by atoms with Crippen molar-refractivity contribution in [1.82, 2.24) is 0 Å². The lowest BCUT2D eigenvalue weighted by Gasteiger charge is -2.37. The molecule has 0 radical (unpaired) electrons. The zero-order valence-corrected chi connectivity index (χ0v) is 42.2. The molecule has 10 aromatic rings. The second-order valence-electron chi connectivity index (χ2n) is 18.8. The molecule has 0 fully saturated rings. The van der Waals surface area contributed by atoms with E-state index in [2.05, 4.69) is 4.18 Å². The summed E-state index contributed by atoms with van der Waals surface area (Å²) < 4.78 is 113. The van der Waals surface area contributed by atoms with Crippen LogP contribution in [0.1, 0.15) is 54.1 Å². The number of aromatic hydroxyl groups is 1. The minimum atomic E-state index is -5.88. The molecule has 2 unspecified atom stereocenters. The first-order valence-electron chi connectivity index (χ1n) is 24.4. The molecule has 1 N–H and O–H groups in total. The van der Waals surface area contributed by atoms with Crippen LogP contribution in [0, 0.1) is 0 Å². The van der Waals surface area contributed by atoms with Crippen LogP contribution < -0.4 is 23.1 Å². The number of hydrogen-bond acceptors (Lipinski definition) is 14. The highest BCUT2D eigenvalue weighted by Crippen LogP contribution is 2.61. The fourth-order valence-corrected chi connectivity index (χ4v) is 11.5. The van der Waals surface area contributed by atoms with Gasteiger partial charge in [-0.2, -0.15) is 21.6 Å². The van der Waals surface area contributed by atoms with Gasteiger partial charge in [0.05, 0.1) is 11.1 Å². The van der Waals surface area contributed by atoms with Crippen LogP contribution >= 0.6 is 0 Å². The van der Waals surface area contributed by atoms with Gasteiger partial charge in [-0.25, -0.2) is 9.59 Å². The van der Waals surface area contributed by atoms with Gasteiger partial charge < -0.3 is 47.2 Å². The molecule has 0 bridgehead atoms. The molecule has 14 nitrogen and oxygen atoms in total. The first kappa shape index (κ1) is 49.2. The maximum atomic E-state index is 13.2. The Kier molecular flexibility index (Phi) is 11.3. The molecule has 0 amide bonds. The number of ether oxygens (including phenoxy) is 8. The van der Waals surface area contributed by atoms with Gasteiger partial charge in [0.2, 0.25) is 0 Å². The molecular formula is C61H39F3O14S. The highest BCUT2D eigenvalue weighted by molar-refractivity contribution is 7.88. The largest absolute Gasteiger partial charge is 0.534 e. The average molecular weight is 1090 g/mol. The summed E-state index contributed by atoms with van der Waals surface area (Å²) in [6, 6.07) is 49.1. The van der Waals surface area contributed by atoms with Gasteiger partial charge in [0, 0.05) is 69.1 Å². The summed E-state index contributed by atoms with van der Waals surface area (Å²) in [7, 11) is -2.79. The molecule has 0 aromatic heterocycles. The normalized spacial score (nSPS) is 17.3. The quantitative estimate of drug-likeness (QED) is 0.0659. The number of phenolic OH excluding ortho intramolecular Hbond substituents is 1. The number of methoxy groups -OCH3 is 2. The second-order valence-corrected chi connectivity index (χ2v) is 20.4. The zero-order valence-electron chi connectivity index (χ0n) is 41.4. The van der Waals surface area contributed by atoms with Crippen molar-refractivity contribution in [3.8, 4) is 46.0 Å². The summed E-state index contributed by atoms with van der Waals surface area (Å²) in [4.78, 5) is 26.4. The Balaban J connectivity index is 0.000000152. The summed E-state index contributed by atoms with van der Waals surface area (Å²) in [5.74, 6) is 1.87. The topological polar surface area (TPSA) is 172 Å². The summed E-state index contributed by atoms with van der Waals surface area (Å²) >= 11 is 0. The van der Waals surface area contributed by atoms with Gasteiger partial charge in [0.1, 0.15) is 46.0 Å². The number of fused-ring (bicyclic) bond motifs is 20. The van der Waals surface area contributed by atoms with Crippen molar-refractivity contribution in [3.05, 3.63) is 214 Å². The third-order valence-electron chi connectivity index (χ3n) is 14.4. The van der Waals surface area contributed by atoms with E-state index in [0.29, 0.717) is 72.7 Å². The number of phenols is 1. The van der Waals surface area contributed by atoms with E-state index in [-0.39, 0.29) is 31.1 Å². The molecule has 4 aliphatic heterocycles. The SMILES string of the molecule is COCOc1ccc2c3c(ccc2c1)C1(OC(=O)c2ccccc21)c1ccc2cc(O)ccc2c1O3.COCOc1ccc2c3c(ccc2c1)C1(OC(=O)c2ccccc21)c1ccc2cc(OS(=O)(=O)C(F)(F)F)ccc2c1O3. The van der Waals surface area contributed by atoms with E-state index < -0.39 is 38.5 Å². The fraction of sp³-hybridized carbons (Fsp3) is 0.115. The molecule has 0 saturated heterocycles. The van der Waals surface area contributed by atoms with Crippen LogP contribution in [0.25, 0.3) is 43.1 Å². The van der Waals surface area contributed by atoms with Gasteiger partial charge in [0.15, 0.2) is 24.8 Å². The maximum absolute atomic E-state index is 13.2. The summed E-state index contributed by atoms with van der Waals surface area (Å²) in [5.41, 5.74) is -3.31. The van der Waals surface area contributed by atoms with Crippen molar-refractivity contribution in [1.29, 1.82) is 0 Å². The van der Waals surface area contributed by atoms with Gasteiger partial charge in [-0.05, 0) is 131 Å². The second kappa shape index (κ2) is 18.1. The number of hydrogen-bond donors (Lipinski definition) is 1. The van der Waals surface area contributed by atoms with Gasteiger partial charge >= 0.3 is 27.6 Å². The highest BCUT2D eigenvalue weighted by atomic mass is 32.2. The number of carbonyl (C=O) groups excluding carboxylic acids is 2. The molecule has 0 aliphatic carbocycles. The first-order valence-corrected chi connectivity index (χ1v) is 25.8. The zero-order chi connectivity index (χ0) is 54.6. The molecular weight excluding hydrogens is 1050 g/mol. The Bertz CT molecular complexity index is 4370. The van der Waals surface area contributed by atoms with Crippen molar-refractivity contribution < 1.29 is 78.4 Å². The Morgan fingerprint density at radius 3 is 1.24 bits per heavy atom. The minimum absolute atomic E-state index is 0.0537. The molecule has 2 spiro atoms. The van der Waals surface area contributed by atoms with Gasteiger partial charge in [0.25, 0.3) is 0 Å². The summed E-state index contributed by atoms with van der Waals surface area (Å²) in [5, 5.41) is 15.7. The maximum Gasteiger partial charge on any atom is 0.534 e. The van der Waals surface area contributed by atoms with Crippen molar-refractivity contribution in [2.75, 3.05) is 27.8 Å². The third-order valence-corrected chi connectivity index (χ3v) is 15.4. The molecule has 10 aromatic carbocycles. The van der Waals surface area contributed by atoms with E-state index in [4.69, 9.17) is 37.9 Å². The number of benzene rings is 10. The Labute approximate surface area is 446 Å². The van der Waals surface area contributed by atoms with E-state index in [0.717, 1.165) is 49.7 Å². The van der Waals surface area contributed by atoms with Crippen LogP contribution in [0.3, 0.4) is 0 Å². The van der Waals surface area contributed by atoms with E-state index >= 15 is 0 Å². The minimum Gasteiger partial charge on any atom is -0.508 e. The van der Waals surface area contributed by atoms with Crippen molar-refractivity contribution >= 4 is 65.1 Å². The third kappa shape index (κ3) is 7.57. The first-order chi connectivity index (χ1) is 38.1. The van der Waals surface area contributed by atoms with Crippen molar-refractivity contribution in [3.63, 3.8) is 0 Å². The summed E-state index contributed by atoms with van der Waals surface area (Å²) in [6.07, 6.45) is 0. The number of halogens is 3. The highest BCUT2D eigenvalue weighted by Gasteiger charge is 2.56. The molecule has 4 aliphatic rings. The van der Waals surface area contributed by atoms with Crippen LogP contribution in [0.5, 0.6) is 46.0 Å². The molecule has 2 atom stereocenters.